The second-order valence-electron chi connectivity index (χ2n) is 3.97. The minimum Gasteiger partial charge on any atom is -0.467 e. The second kappa shape index (κ2) is 7.82. The predicted molar refractivity (Wildman–Crippen MR) is 62.9 cm³/mol. The Hall–Kier alpha value is -0.420. The third kappa shape index (κ3) is 8.32. The molecule has 0 radical (unpaired) electrons. The average Bonchev–Trinajstić information content (AvgIpc) is 2.14. The molecule has 0 aromatic rings. The summed E-state index contributed by atoms with van der Waals surface area (Å²) in [5.41, 5.74) is 0. The third-order valence-corrected chi connectivity index (χ3v) is 3.42. The molecule has 0 aliphatic carbocycles. The molecule has 0 rings (SSSR count). The standard InChI is InChI=1S/C10H21O6P/c1-8(2)15-17(12,16-9(3)4)7-14-6-10(11)13-5/h8-9H,6-7H2,1-5H3. The molecular weight excluding hydrogens is 247 g/mol. The molecule has 0 aromatic heterocycles. The van der Waals surface area contributed by atoms with Crippen molar-refractivity contribution in [2.45, 2.75) is 39.9 Å². The minimum atomic E-state index is -3.33. The van der Waals surface area contributed by atoms with Gasteiger partial charge in [-0.05, 0) is 27.7 Å². The van der Waals surface area contributed by atoms with E-state index in [1.54, 1.807) is 27.7 Å². The summed E-state index contributed by atoms with van der Waals surface area (Å²) in [6.07, 6.45) is -0.763. The van der Waals surface area contributed by atoms with Gasteiger partial charge in [0.15, 0.2) is 0 Å². The van der Waals surface area contributed by atoms with Gasteiger partial charge in [-0.25, -0.2) is 4.79 Å². The molecule has 0 bridgehead atoms. The van der Waals surface area contributed by atoms with E-state index < -0.39 is 13.6 Å². The van der Waals surface area contributed by atoms with Gasteiger partial charge >= 0.3 is 13.6 Å². The van der Waals surface area contributed by atoms with Crippen LogP contribution in [-0.4, -0.2) is 38.2 Å². The third-order valence-electron chi connectivity index (χ3n) is 1.44. The quantitative estimate of drug-likeness (QED) is 0.496. The number of esters is 1. The van der Waals surface area contributed by atoms with Gasteiger partial charge in [-0.3, -0.25) is 4.57 Å². The summed E-state index contributed by atoms with van der Waals surface area (Å²) in [5, 5.41) is 0. The molecule has 0 aliphatic heterocycles. The first kappa shape index (κ1) is 16.6. The van der Waals surface area contributed by atoms with Crippen molar-refractivity contribution in [3.05, 3.63) is 0 Å². The lowest BCUT2D eigenvalue weighted by Gasteiger charge is -2.22. The molecular formula is C10H21O6P. The van der Waals surface area contributed by atoms with Crippen LogP contribution in [0.1, 0.15) is 27.7 Å². The smallest absolute Gasteiger partial charge is 0.356 e. The van der Waals surface area contributed by atoms with Crippen molar-refractivity contribution in [3.63, 3.8) is 0 Å². The monoisotopic (exact) mass is 268 g/mol. The zero-order chi connectivity index (χ0) is 13.5. The van der Waals surface area contributed by atoms with E-state index in [9.17, 15) is 9.36 Å². The summed E-state index contributed by atoms with van der Waals surface area (Å²) in [6.45, 7) is 6.71. The Morgan fingerprint density at radius 2 is 1.59 bits per heavy atom. The normalized spacial score (nSPS) is 12.2. The van der Waals surface area contributed by atoms with Crippen LogP contribution in [0.25, 0.3) is 0 Å². The van der Waals surface area contributed by atoms with Crippen molar-refractivity contribution in [1.29, 1.82) is 0 Å². The van der Waals surface area contributed by atoms with Crippen molar-refractivity contribution in [3.8, 4) is 0 Å². The molecule has 0 spiro atoms. The Bertz CT molecular complexity index is 262. The van der Waals surface area contributed by atoms with Crippen molar-refractivity contribution in [2.24, 2.45) is 0 Å². The van der Waals surface area contributed by atoms with E-state index in [1.165, 1.54) is 7.11 Å². The van der Waals surface area contributed by atoms with Gasteiger partial charge in [0.25, 0.3) is 0 Å². The Labute approximate surface area is 102 Å². The first-order valence-electron chi connectivity index (χ1n) is 5.39. The van der Waals surface area contributed by atoms with Crippen LogP contribution in [0.4, 0.5) is 0 Å². The molecule has 7 heteroatoms. The molecule has 0 N–H and O–H groups in total. The van der Waals surface area contributed by atoms with Gasteiger partial charge in [0.2, 0.25) is 0 Å². The first-order valence-corrected chi connectivity index (χ1v) is 7.12. The van der Waals surface area contributed by atoms with E-state index in [1.807, 2.05) is 0 Å². The number of methoxy groups -OCH3 is 1. The molecule has 6 nitrogen and oxygen atoms in total. The highest BCUT2D eigenvalue weighted by Crippen LogP contribution is 2.50. The Morgan fingerprint density at radius 3 is 1.94 bits per heavy atom. The molecule has 0 heterocycles. The number of ether oxygens (including phenoxy) is 2. The lowest BCUT2D eigenvalue weighted by Crippen LogP contribution is -2.15. The predicted octanol–water partition coefficient (Wildman–Crippen LogP) is 2.18. The summed E-state index contributed by atoms with van der Waals surface area (Å²) in [5.74, 6) is -0.536. The van der Waals surface area contributed by atoms with Crippen LogP contribution in [0.3, 0.4) is 0 Å². The van der Waals surface area contributed by atoms with Gasteiger partial charge in [-0.15, -0.1) is 0 Å². The summed E-state index contributed by atoms with van der Waals surface area (Å²) < 4.78 is 32.0. The lowest BCUT2D eigenvalue weighted by molar-refractivity contribution is -0.145. The van der Waals surface area contributed by atoms with Gasteiger partial charge in [0.1, 0.15) is 13.0 Å². The van der Waals surface area contributed by atoms with E-state index in [0.29, 0.717) is 0 Å². The van der Waals surface area contributed by atoms with E-state index >= 15 is 0 Å². The van der Waals surface area contributed by atoms with Crippen LogP contribution in [0.2, 0.25) is 0 Å². The fraction of sp³-hybridized carbons (Fsp3) is 0.900. The lowest BCUT2D eigenvalue weighted by atomic mass is 10.5. The number of carbonyl (C=O) groups is 1. The van der Waals surface area contributed by atoms with E-state index in [2.05, 4.69) is 4.74 Å². The molecule has 0 aromatic carbocycles. The molecule has 17 heavy (non-hydrogen) atoms. The zero-order valence-electron chi connectivity index (χ0n) is 11.0. The number of hydrogen-bond donors (Lipinski definition) is 0. The summed E-state index contributed by atoms with van der Waals surface area (Å²) in [7, 11) is -2.08. The maximum Gasteiger partial charge on any atom is 0.356 e. The molecule has 0 saturated heterocycles. The van der Waals surface area contributed by atoms with E-state index in [4.69, 9.17) is 13.8 Å². The van der Waals surface area contributed by atoms with E-state index in [-0.39, 0.29) is 25.2 Å². The maximum absolute atomic E-state index is 12.2. The molecule has 0 unspecified atom stereocenters. The van der Waals surface area contributed by atoms with Gasteiger partial charge < -0.3 is 18.5 Å². The molecule has 0 amide bonds. The Kier molecular flexibility index (Phi) is 7.63. The van der Waals surface area contributed by atoms with Gasteiger partial charge in [0.05, 0.1) is 19.3 Å². The van der Waals surface area contributed by atoms with Crippen molar-refractivity contribution < 1.29 is 27.9 Å². The van der Waals surface area contributed by atoms with Gasteiger partial charge in [0, 0.05) is 0 Å². The molecule has 0 fully saturated rings. The molecule has 0 aliphatic rings. The fourth-order valence-electron chi connectivity index (χ4n) is 1.03. The molecule has 102 valence electrons. The van der Waals surface area contributed by atoms with Crippen molar-refractivity contribution in [2.75, 3.05) is 20.1 Å². The minimum absolute atomic E-state index is 0.249. The number of carbonyl (C=O) groups excluding carboxylic acids is 1. The number of hydrogen-bond acceptors (Lipinski definition) is 6. The van der Waals surface area contributed by atoms with Crippen LogP contribution < -0.4 is 0 Å². The number of rotatable bonds is 8. The van der Waals surface area contributed by atoms with Gasteiger partial charge in [-0.1, -0.05) is 0 Å². The molecule has 0 saturated carbocycles. The average molecular weight is 268 g/mol. The first-order chi connectivity index (χ1) is 7.79. The van der Waals surface area contributed by atoms with Crippen LogP contribution in [0, 0.1) is 0 Å². The Balaban J connectivity index is 4.29. The highest BCUT2D eigenvalue weighted by molar-refractivity contribution is 7.53. The van der Waals surface area contributed by atoms with Crippen molar-refractivity contribution >= 4 is 13.6 Å². The van der Waals surface area contributed by atoms with Crippen LogP contribution in [-0.2, 0) is 27.9 Å². The summed E-state index contributed by atoms with van der Waals surface area (Å²) >= 11 is 0. The zero-order valence-corrected chi connectivity index (χ0v) is 11.9. The largest absolute Gasteiger partial charge is 0.467 e. The fourth-order valence-corrected chi connectivity index (χ4v) is 2.80. The maximum atomic E-state index is 12.2. The van der Waals surface area contributed by atoms with Gasteiger partial charge in [-0.2, -0.15) is 0 Å². The molecule has 0 atom stereocenters. The topological polar surface area (TPSA) is 71.1 Å². The SMILES string of the molecule is COC(=O)COCP(=O)(OC(C)C)OC(C)C. The van der Waals surface area contributed by atoms with Crippen LogP contribution in [0.15, 0.2) is 0 Å². The summed E-state index contributed by atoms with van der Waals surface area (Å²) in [4.78, 5) is 10.8. The highest BCUT2D eigenvalue weighted by Gasteiger charge is 2.28. The van der Waals surface area contributed by atoms with Crippen molar-refractivity contribution in [1.82, 2.24) is 0 Å². The highest BCUT2D eigenvalue weighted by atomic mass is 31.2. The van der Waals surface area contributed by atoms with Crippen LogP contribution >= 0.6 is 7.60 Å². The Morgan fingerprint density at radius 1 is 1.12 bits per heavy atom. The summed E-state index contributed by atoms with van der Waals surface area (Å²) in [6, 6.07) is 0. The van der Waals surface area contributed by atoms with E-state index in [0.717, 1.165) is 0 Å². The second-order valence-corrected chi connectivity index (χ2v) is 5.87. The van der Waals surface area contributed by atoms with Crippen LogP contribution in [0.5, 0.6) is 0 Å².